The molecule has 0 unspecified atom stereocenters. The van der Waals surface area contributed by atoms with Crippen molar-refractivity contribution in [1.82, 2.24) is 0 Å². The van der Waals surface area contributed by atoms with Crippen molar-refractivity contribution in [3.05, 3.63) is 85.5 Å². The third kappa shape index (κ3) is 6.54. The largest absolute Gasteiger partial charge is 0.493 e. The van der Waals surface area contributed by atoms with Crippen molar-refractivity contribution in [2.24, 2.45) is 0 Å². The fourth-order valence-electron chi connectivity index (χ4n) is 3.12. The molecule has 0 heterocycles. The molecular weight excluding hydrogens is 603 g/mol. The normalized spacial score (nSPS) is 11.5. The SMILES string of the molecule is COc1cc(/C=C(\C#N)C(=O)Nc2ccc(C)cc2C)cc(I)c1OS(=O)(=O)c1ccc(Cl)cc1. The van der Waals surface area contributed by atoms with Crippen molar-refractivity contribution in [3.63, 3.8) is 0 Å². The first kappa shape index (κ1) is 26.5. The van der Waals surface area contributed by atoms with Crippen LogP contribution < -0.4 is 14.2 Å². The van der Waals surface area contributed by atoms with Crippen LogP contribution in [0.1, 0.15) is 16.7 Å². The lowest BCUT2D eigenvalue weighted by molar-refractivity contribution is -0.112. The maximum Gasteiger partial charge on any atom is 0.339 e. The van der Waals surface area contributed by atoms with E-state index >= 15 is 0 Å². The van der Waals surface area contributed by atoms with E-state index in [9.17, 15) is 18.5 Å². The number of amides is 1. The van der Waals surface area contributed by atoms with E-state index in [1.54, 1.807) is 12.1 Å². The van der Waals surface area contributed by atoms with E-state index in [-0.39, 0.29) is 22.0 Å². The van der Waals surface area contributed by atoms with Gasteiger partial charge in [-0.25, -0.2) is 0 Å². The fourth-order valence-corrected chi connectivity index (χ4v) is 5.09. The van der Waals surface area contributed by atoms with Crippen LogP contribution in [0.25, 0.3) is 6.08 Å². The summed E-state index contributed by atoms with van der Waals surface area (Å²) in [5, 5.41) is 12.7. The average Bonchev–Trinajstić information content (AvgIpc) is 2.80. The molecule has 0 radical (unpaired) electrons. The summed E-state index contributed by atoms with van der Waals surface area (Å²) in [5.74, 6) is -0.467. The minimum atomic E-state index is -4.16. The minimum absolute atomic E-state index is 0.0153. The van der Waals surface area contributed by atoms with Gasteiger partial charge in [0.25, 0.3) is 5.91 Å². The monoisotopic (exact) mass is 622 g/mol. The fraction of sp³-hybridized carbons (Fsp3) is 0.120. The summed E-state index contributed by atoms with van der Waals surface area (Å²) in [4.78, 5) is 12.6. The number of halogens is 2. The highest BCUT2D eigenvalue weighted by atomic mass is 127. The van der Waals surface area contributed by atoms with Gasteiger partial charge in [-0.3, -0.25) is 4.79 Å². The molecule has 180 valence electrons. The van der Waals surface area contributed by atoms with Gasteiger partial charge in [0.1, 0.15) is 16.5 Å². The molecule has 0 spiro atoms. The van der Waals surface area contributed by atoms with Crippen LogP contribution in [0.15, 0.2) is 65.1 Å². The molecule has 0 atom stereocenters. The van der Waals surface area contributed by atoms with Gasteiger partial charge in [0.2, 0.25) is 0 Å². The van der Waals surface area contributed by atoms with Crippen LogP contribution in [0.2, 0.25) is 5.02 Å². The Morgan fingerprint density at radius 2 is 1.80 bits per heavy atom. The van der Waals surface area contributed by atoms with Crippen molar-refractivity contribution in [1.29, 1.82) is 5.26 Å². The molecule has 7 nitrogen and oxygen atoms in total. The molecule has 1 amide bonds. The highest BCUT2D eigenvalue weighted by Crippen LogP contribution is 2.36. The first-order valence-corrected chi connectivity index (χ1v) is 13.0. The van der Waals surface area contributed by atoms with Gasteiger partial charge >= 0.3 is 10.1 Å². The maximum absolute atomic E-state index is 12.7. The number of methoxy groups -OCH3 is 1. The van der Waals surface area contributed by atoms with E-state index in [1.165, 1.54) is 43.5 Å². The van der Waals surface area contributed by atoms with Gasteiger partial charge in [-0.1, -0.05) is 29.3 Å². The third-order valence-corrected chi connectivity index (χ3v) is 7.14. The Morgan fingerprint density at radius 3 is 2.40 bits per heavy atom. The van der Waals surface area contributed by atoms with Crippen LogP contribution in [0.5, 0.6) is 11.5 Å². The summed E-state index contributed by atoms with van der Waals surface area (Å²) in [6, 6.07) is 16.1. The highest BCUT2D eigenvalue weighted by molar-refractivity contribution is 14.1. The Kier molecular flexibility index (Phi) is 8.43. The minimum Gasteiger partial charge on any atom is -0.493 e. The van der Waals surface area contributed by atoms with Crippen molar-refractivity contribution < 1.29 is 22.1 Å². The van der Waals surface area contributed by atoms with Crippen LogP contribution in [-0.4, -0.2) is 21.4 Å². The molecule has 3 aromatic carbocycles. The number of nitrogens with zero attached hydrogens (tertiary/aromatic N) is 1. The van der Waals surface area contributed by atoms with Crippen molar-refractivity contribution in [2.45, 2.75) is 18.7 Å². The van der Waals surface area contributed by atoms with Crippen LogP contribution in [0.4, 0.5) is 5.69 Å². The van der Waals surface area contributed by atoms with Crippen LogP contribution in [0.3, 0.4) is 0 Å². The molecule has 0 saturated carbocycles. The predicted octanol–water partition coefficient (Wildman–Crippen LogP) is 5.88. The Balaban J connectivity index is 1.91. The Morgan fingerprint density at radius 1 is 1.11 bits per heavy atom. The molecule has 3 aromatic rings. The van der Waals surface area contributed by atoms with E-state index < -0.39 is 16.0 Å². The third-order valence-electron chi connectivity index (χ3n) is 4.85. The molecule has 35 heavy (non-hydrogen) atoms. The van der Waals surface area contributed by atoms with Crippen molar-refractivity contribution in [2.75, 3.05) is 12.4 Å². The van der Waals surface area contributed by atoms with E-state index in [1.807, 2.05) is 54.6 Å². The van der Waals surface area contributed by atoms with E-state index in [2.05, 4.69) is 5.32 Å². The van der Waals surface area contributed by atoms with Gasteiger partial charge in [-0.15, -0.1) is 0 Å². The molecule has 0 aliphatic rings. The zero-order valence-corrected chi connectivity index (χ0v) is 22.7. The summed E-state index contributed by atoms with van der Waals surface area (Å²) in [6.07, 6.45) is 1.39. The smallest absolute Gasteiger partial charge is 0.339 e. The van der Waals surface area contributed by atoms with Crippen molar-refractivity contribution in [3.8, 4) is 17.6 Å². The van der Waals surface area contributed by atoms with Gasteiger partial charge in [0.15, 0.2) is 11.5 Å². The first-order chi connectivity index (χ1) is 16.5. The molecule has 0 aromatic heterocycles. The number of anilines is 1. The lowest BCUT2D eigenvalue weighted by atomic mass is 10.1. The number of nitrogens with one attached hydrogen (secondary N) is 1. The summed E-state index contributed by atoms with van der Waals surface area (Å²) in [6.45, 7) is 3.81. The second-order valence-electron chi connectivity index (χ2n) is 7.47. The predicted molar refractivity (Wildman–Crippen MR) is 143 cm³/mol. The number of nitriles is 1. The molecule has 10 heteroatoms. The number of hydrogen-bond donors (Lipinski definition) is 1. The number of benzene rings is 3. The number of carbonyl (C=O) groups is 1. The molecule has 1 N–H and O–H groups in total. The number of ether oxygens (including phenoxy) is 1. The lowest BCUT2D eigenvalue weighted by Crippen LogP contribution is -2.14. The number of hydrogen-bond acceptors (Lipinski definition) is 6. The molecule has 0 fully saturated rings. The van der Waals surface area contributed by atoms with Crippen LogP contribution in [-0.2, 0) is 14.9 Å². The standard InChI is InChI=1S/C25H20ClIN2O5S/c1-15-4-9-22(16(2)10-15)29-25(30)18(14-28)11-17-12-21(27)24(23(13-17)33-3)34-35(31,32)20-7-5-19(26)6-8-20/h4-13H,1-3H3,(H,29,30)/b18-11+. The number of carbonyl (C=O) groups excluding carboxylic acids is 1. The van der Waals surface area contributed by atoms with E-state index in [0.717, 1.165) is 11.1 Å². The quantitative estimate of drug-likeness (QED) is 0.153. The number of rotatable bonds is 7. The molecular formula is C25H20ClIN2O5S. The molecule has 3 rings (SSSR count). The van der Waals surface area contributed by atoms with Crippen LogP contribution in [0, 0.1) is 28.7 Å². The Labute approximate surface area is 222 Å². The highest BCUT2D eigenvalue weighted by Gasteiger charge is 2.22. The van der Waals surface area contributed by atoms with Gasteiger partial charge in [-0.2, -0.15) is 13.7 Å². The lowest BCUT2D eigenvalue weighted by Gasteiger charge is -2.14. The molecule has 0 bridgehead atoms. The van der Waals surface area contributed by atoms with Gasteiger partial charge in [0.05, 0.1) is 10.7 Å². The van der Waals surface area contributed by atoms with Gasteiger partial charge < -0.3 is 14.2 Å². The Hall–Kier alpha value is -3.07. The molecule has 0 saturated heterocycles. The van der Waals surface area contributed by atoms with Crippen LogP contribution >= 0.6 is 34.2 Å². The second-order valence-corrected chi connectivity index (χ2v) is 10.6. The van der Waals surface area contributed by atoms with E-state index in [0.29, 0.717) is 19.8 Å². The maximum atomic E-state index is 12.7. The second kappa shape index (κ2) is 11.1. The number of aryl methyl sites for hydroxylation is 2. The topological polar surface area (TPSA) is 105 Å². The zero-order valence-electron chi connectivity index (χ0n) is 18.9. The van der Waals surface area contributed by atoms with E-state index in [4.69, 9.17) is 20.5 Å². The zero-order chi connectivity index (χ0) is 25.8. The molecule has 0 aliphatic heterocycles. The first-order valence-electron chi connectivity index (χ1n) is 10.1. The Bertz CT molecular complexity index is 1460. The van der Waals surface area contributed by atoms with Gasteiger partial charge in [0, 0.05) is 10.7 Å². The summed E-state index contributed by atoms with van der Waals surface area (Å²) in [5.41, 5.74) is 2.85. The van der Waals surface area contributed by atoms with Gasteiger partial charge in [-0.05, 0) is 96.1 Å². The van der Waals surface area contributed by atoms with Crippen molar-refractivity contribution >= 4 is 62.0 Å². The summed E-state index contributed by atoms with van der Waals surface area (Å²) in [7, 11) is -2.80. The molecule has 0 aliphatic carbocycles. The summed E-state index contributed by atoms with van der Waals surface area (Å²) < 4.78 is 36.5. The average molecular weight is 623 g/mol. The summed E-state index contributed by atoms with van der Waals surface area (Å²) >= 11 is 7.73.